The molecule has 7 heteroatoms. The van der Waals surface area contributed by atoms with Crippen molar-refractivity contribution in [3.63, 3.8) is 0 Å². The summed E-state index contributed by atoms with van der Waals surface area (Å²) >= 11 is 0. The standard InChI is InChI=1S/C31H45NO5Si/c1-30(2,3)36-29(34)32-25(21-22-15-17-24(18-16-22)28(33)35-7)19-20-26(32)27(23-13-11-10-12-14-23)37-38(8,9)31(4,5)6/h10-18,25-27H,19-21H2,1-9H3/t25-,26+,27+/m0/s1. The quantitative estimate of drug-likeness (QED) is 0.268. The van der Waals surface area contributed by atoms with Gasteiger partial charge in [0.25, 0.3) is 0 Å². The summed E-state index contributed by atoms with van der Waals surface area (Å²) < 4.78 is 17.9. The number of methoxy groups -OCH3 is 1. The molecule has 0 N–H and O–H groups in total. The van der Waals surface area contributed by atoms with E-state index in [0.29, 0.717) is 12.0 Å². The monoisotopic (exact) mass is 539 g/mol. The third-order valence-electron chi connectivity index (χ3n) is 7.70. The molecule has 0 aliphatic carbocycles. The second kappa shape index (κ2) is 11.6. The average molecular weight is 540 g/mol. The van der Waals surface area contributed by atoms with Crippen LogP contribution in [0.15, 0.2) is 54.6 Å². The fourth-order valence-electron chi connectivity index (χ4n) is 4.68. The van der Waals surface area contributed by atoms with E-state index in [0.717, 1.165) is 24.0 Å². The summed E-state index contributed by atoms with van der Waals surface area (Å²) in [4.78, 5) is 27.6. The summed E-state index contributed by atoms with van der Waals surface area (Å²) in [5.74, 6) is -0.360. The highest BCUT2D eigenvalue weighted by atomic mass is 28.4. The zero-order chi connectivity index (χ0) is 28.3. The van der Waals surface area contributed by atoms with Crippen molar-refractivity contribution in [1.82, 2.24) is 4.90 Å². The Morgan fingerprint density at radius 2 is 1.55 bits per heavy atom. The van der Waals surface area contributed by atoms with E-state index in [1.807, 2.05) is 56.0 Å². The predicted octanol–water partition coefficient (Wildman–Crippen LogP) is 7.55. The van der Waals surface area contributed by atoms with Gasteiger partial charge in [0, 0.05) is 6.04 Å². The number of carbonyl (C=O) groups excluding carboxylic acids is 2. The van der Waals surface area contributed by atoms with Gasteiger partial charge < -0.3 is 13.9 Å². The van der Waals surface area contributed by atoms with E-state index in [1.165, 1.54) is 7.11 Å². The average Bonchev–Trinajstić information content (AvgIpc) is 3.24. The number of amides is 1. The number of rotatable bonds is 7. The topological polar surface area (TPSA) is 65.1 Å². The van der Waals surface area contributed by atoms with Crippen LogP contribution < -0.4 is 0 Å². The van der Waals surface area contributed by atoms with Crippen molar-refractivity contribution in [2.45, 2.75) is 103 Å². The minimum absolute atomic E-state index is 0.0240. The number of hydrogen-bond acceptors (Lipinski definition) is 5. The van der Waals surface area contributed by atoms with Crippen LogP contribution in [0.5, 0.6) is 0 Å². The summed E-state index contributed by atoms with van der Waals surface area (Å²) in [5.41, 5.74) is 2.04. The first-order valence-electron chi connectivity index (χ1n) is 13.5. The molecule has 1 saturated heterocycles. The molecule has 6 nitrogen and oxygen atoms in total. The SMILES string of the molecule is COC(=O)c1ccc(C[C@@H]2CC[C@H]([C@H](O[Si](C)(C)C(C)(C)C)c3ccccc3)N2C(=O)OC(C)(C)C)cc1. The van der Waals surface area contributed by atoms with E-state index in [4.69, 9.17) is 13.9 Å². The molecule has 208 valence electrons. The van der Waals surface area contributed by atoms with Gasteiger partial charge in [0.1, 0.15) is 5.60 Å². The van der Waals surface area contributed by atoms with Gasteiger partial charge in [-0.1, -0.05) is 63.2 Å². The Bertz CT molecular complexity index is 1090. The summed E-state index contributed by atoms with van der Waals surface area (Å²) in [6.45, 7) is 16.9. The maximum atomic E-state index is 13.8. The molecule has 0 bridgehead atoms. The lowest BCUT2D eigenvalue weighted by molar-refractivity contribution is -0.00239. The van der Waals surface area contributed by atoms with Crippen LogP contribution in [0.1, 0.15) is 82.0 Å². The van der Waals surface area contributed by atoms with Gasteiger partial charge in [-0.2, -0.15) is 0 Å². The Kier molecular flexibility index (Phi) is 9.15. The highest BCUT2D eigenvalue weighted by Gasteiger charge is 2.47. The molecule has 1 aliphatic rings. The first-order valence-corrected chi connectivity index (χ1v) is 16.4. The van der Waals surface area contributed by atoms with Gasteiger partial charge in [0.2, 0.25) is 0 Å². The van der Waals surface area contributed by atoms with Gasteiger partial charge in [-0.25, -0.2) is 9.59 Å². The summed E-state index contributed by atoms with van der Waals surface area (Å²) in [6.07, 6.45) is 1.76. The van der Waals surface area contributed by atoms with Crippen molar-refractivity contribution in [1.29, 1.82) is 0 Å². The molecule has 2 aromatic rings. The second-order valence-electron chi connectivity index (χ2n) is 12.8. The third kappa shape index (κ3) is 7.26. The van der Waals surface area contributed by atoms with Gasteiger partial charge in [0.05, 0.1) is 24.8 Å². The number of nitrogens with zero attached hydrogens (tertiary/aromatic N) is 1. The zero-order valence-electron chi connectivity index (χ0n) is 24.5. The van der Waals surface area contributed by atoms with Crippen LogP contribution in [0.25, 0.3) is 0 Å². The van der Waals surface area contributed by atoms with Crippen LogP contribution in [-0.2, 0) is 20.3 Å². The van der Waals surface area contributed by atoms with Crippen molar-refractivity contribution in [3.05, 3.63) is 71.3 Å². The van der Waals surface area contributed by atoms with E-state index in [1.54, 1.807) is 12.1 Å². The molecule has 0 saturated carbocycles. The van der Waals surface area contributed by atoms with E-state index < -0.39 is 13.9 Å². The van der Waals surface area contributed by atoms with Crippen LogP contribution in [0.4, 0.5) is 4.79 Å². The van der Waals surface area contributed by atoms with Crippen molar-refractivity contribution in [2.24, 2.45) is 0 Å². The maximum Gasteiger partial charge on any atom is 0.410 e. The molecule has 1 amide bonds. The lowest BCUT2D eigenvalue weighted by Crippen LogP contribution is -2.50. The minimum atomic E-state index is -2.17. The molecule has 0 radical (unpaired) electrons. The number of likely N-dealkylation sites (tertiary alicyclic amines) is 1. The first-order chi connectivity index (χ1) is 17.6. The van der Waals surface area contributed by atoms with E-state index in [2.05, 4.69) is 46.0 Å². The number of ether oxygens (including phenoxy) is 2. The van der Waals surface area contributed by atoms with Gasteiger partial charge in [-0.15, -0.1) is 0 Å². The number of hydrogen-bond donors (Lipinski definition) is 0. The highest BCUT2D eigenvalue weighted by molar-refractivity contribution is 6.74. The molecule has 0 aromatic heterocycles. The van der Waals surface area contributed by atoms with Gasteiger partial charge in [-0.05, 0) is 81.4 Å². The van der Waals surface area contributed by atoms with Gasteiger partial charge in [0.15, 0.2) is 8.32 Å². The minimum Gasteiger partial charge on any atom is -0.465 e. The fourth-order valence-corrected chi connectivity index (χ4v) is 5.96. The molecule has 1 heterocycles. The van der Waals surface area contributed by atoms with Crippen LogP contribution in [0, 0.1) is 0 Å². The molecule has 0 unspecified atom stereocenters. The maximum absolute atomic E-state index is 13.8. The van der Waals surface area contributed by atoms with Crippen LogP contribution >= 0.6 is 0 Å². The fraction of sp³-hybridized carbons (Fsp3) is 0.548. The van der Waals surface area contributed by atoms with Crippen molar-refractivity contribution in [3.8, 4) is 0 Å². The Labute approximate surface area is 229 Å². The molecule has 1 aliphatic heterocycles. The lowest BCUT2D eigenvalue weighted by Gasteiger charge is -2.43. The Morgan fingerprint density at radius 3 is 2.08 bits per heavy atom. The Balaban J connectivity index is 1.98. The summed E-state index contributed by atoms with van der Waals surface area (Å²) in [5, 5.41) is 0.0240. The summed E-state index contributed by atoms with van der Waals surface area (Å²) in [6, 6.07) is 17.5. The van der Waals surface area contributed by atoms with E-state index in [-0.39, 0.29) is 35.3 Å². The van der Waals surface area contributed by atoms with Crippen LogP contribution in [-0.4, -0.2) is 50.1 Å². The number of esters is 1. The smallest absolute Gasteiger partial charge is 0.410 e. The molecule has 3 atom stereocenters. The molecule has 38 heavy (non-hydrogen) atoms. The molecule has 1 fully saturated rings. The largest absolute Gasteiger partial charge is 0.465 e. The molecule has 2 aromatic carbocycles. The zero-order valence-corrected chi connectivity index (χ0v) is 25.5. The van der Waals surface area contributed by atoms with Gasteiger partial charge >= 0.3 is 12.1 Å². The number of benzene rings is 2. The molecular formula is C31H45NO5Si. The highest BCUT2D eigenvalue weighted by Crippen LogP contribution is 2.44. The van der Waals surface area contributed by atoms with Crippen LogP contribution in [0.3, 0.4) is 0 Å². The van der Waals surface area contributed by atoms with Gasteiger partial charge in [-0.3, -0.25) is 4.90 Å². The molecular weight excluding hydrogens is 494 g/mol. The van der Waals surface area contributed by atoms with E-state index in [9.17, 15) is 9.59 Å². The first kappa shape index (κ1) is 29.9. The molecule has 0 spiro atoms. The Hall–Kier alpha value is -2.64. The van der Waals surface area contributed by atoms with Crippen LogP contribution in [0.2, 0.25) is 18.1 Å². The second-order valence-corrected chi connectivity index (χ2v) is 17.5. The van der Waals surface area contributed by atoms with Crippen molar-refractivity contribution >= 4 is 20.4 Å². The normalized spacial score (nSPS) is 19.2. The molecule has 3 rings (SSSR count). The summed E-state index contributed by atoms with van der Waals surface area (Å²) in [7, 11) is -0.791. The Morgan fingerprint density at radius 1 is 0.947 bits per heavy atom. The predicted molar refractivity (Wildman–Crippen MR) is 154 cm³/mol. The lowest BCUT2D eigenvalue weighted by atomic mass is 10.0. The number of carbonyl (C=O) groups is 2. The van der Waals surface area contributed by atoms with E-state index >= 15 is 0 Å². The van der Waals surface area contributed by atoms with Crippen molar-refractivity contribution < 1.29 is 23.5 Å². The van der Waals surface area contributed by atoms with Crippen molar-refractivity contribution in [2.75, 3.05) is 7.11 Å². The third-order valence-corrected chi connectivity index (χ3v) is 12.2.